The Morgan fingerprint density at radius 1 is 1.30 bits per heavy atom. The summed E-state index contributed by atoms with van der Waals surface area (Å²) >= 11 is 0. The molecule has 1 N–H and O–H groups in total. The maximum Gasteiger partial charge on any atom is 0.253 e. The molecule has 3 heterocycles. The van der Waals surface area contributed by atoms with Gasteiger partial charge in [0.2, 0.25) is 0 Å². The summed E-state index contributed by atoms with van der Waals surface area (Å²) in [7, 11) is 0. The molecule has 2 aromatic heterocycles. The lowest BCUT2D eigenvalue weighted by Gasteiger charge is -2.11. The van der Waals surface area contributed by atoms with E-state index in [0.717, 1.165) is 29.8 Å². The predicted octanol–water partition coefficient (Wildman–Crippen LogP) is 1.91. The lowest BCUT2D eigenvalue weighted by atomic mass is 10.1. The molecule has 1 atom stereocenters. The number of rotatable bonds is 3. The van der Waals surface area contributed by atoms with E-state index >= 15 is 0 Å². The zero-order chi connectivity index (χ0) is 15.6. The number of fused-ring (bicyclic) bond motifs is 1. The molecule has 3 aromatic rings. The first-order chi connectivity index (χ1) is 11.3. The van der Waals surface area contributed by atoms with E-state index in [1.807, 2.05) is 36.4 Å². The van der Waals surface area contributed by atoms with Crippen LogP contribution in [0.25, 0.3) is 16.9 Å². The van der Waals surface area contributed by atoms with Gasteiger partial charge in [-0.1, -0.05) is 12.1 Å². The van der Waals surface area contributed by atoms with Gasteiger partial charge < -0.3 is 10.1 Å². The van der Waals surface area contributed by atoms with Crippen molar-refractivity contribution in [3.05, 3.63) is 42.7 Å². The molecule has 0 aliphatic carbocycles. The Morgan fingerprint density at radius 3 is 3.13 bits per heavy atom. The topological polar surface area (TPSA) is 81.4 Å². The maximum atomic E-state index is 12.1. The molecule has 1 aliphatic heterocycles. The fourth-order valence-electron chi connectivity index (χ4n) is 2.65. The number of benzene rings is 1. The highest BCUT2D eigenvalue weighted by Gasteiger charge is 2.23. The Balaban J connectivity index is 1.58. The van der Waals surface area contributed by atoms with E-state index < -0.39 is 0 Å². The van der Waals surface area contributed by atoms with Gasteiger partial charge in [0.05, 0.1) is 5.69 Å². The molecule has 1 aromatic carbocycles. The highest BCUT2D eigenvalue weighted by molar-refractivity contribution is 5.94. The molecule has 23 heavy (non-hydrogen) atoms. The molecular weight excluding hydrogens is 294 g/mol. The second kappa shape index (κ2) is 5.77. The summed E-state index contributed by atoms with van der Waals surface area (Å²) in [5.74, 6) is -0.0955. The van der Waals surface area contributed by atoms with Crippen molar-refractivity contribution in [2.45, 2.75) is 18.9 Å². The average Bonchev–Trinajstić information content (AvgIpc) is 3.26. The zero-order valence-electron chi connectivity index (χ0n) is 12.3. The zero-order valence-corrected chi connectivity index (χ0v) is 12.3. The van der Waals surface area contributed by atoms with Crippen LogP contribution >= 0.6 is 0 Å². The Hall–Kier alpha value is -2.80. The standard InChI is InChI=1S/C16H15N5O2/c22-16(14-5-2-8-23-14)18-12-4-1-3-11(9-12)13-6-7-15-19-17-10-21(15)20-13/h1,3-4,6-7,9-10,14H,2,5,8H2,(H,18,22). The van der Waals surface area contributed by atoms with Crippen molar-refractivity contribution >= 4 is 17.2 Å². The number of amides is 1. The lowest BCUT2D eigenvalue weighted by Crippen LogP contribution is -2.26. The minimum atomic E-state index is -0.342. The third kappa shape index (κ3) is 2.78. The van der Waals surface area contributed by atoms with Crippen LogP contribution in [-0.2, 0) is 9.53 Å². The SMILES string of the molecule is O=C(Nc1cccc(-c2ccc3nncn3n2)c1)C1CCCO1. The highest BCUT2D eigenvalue weighted by atomic mass is 16.5. The van der Waals surface area contributed by atoms with Gasteiger partial charge in [-0.05, 0) is 37.1 Å². The van der Waals surface area contributed by atoms with Crippen molar-refractivity contribution in [3.63, 3.8) is 0 Å². The summed E-state index contributed by atoms with van der Waals surface area (Å²) in [6.07, 6.45) is 2.92. The van der Waals surface area contributed by atoms with E-state index in [1.54, 1.807) is 10.8 Å². The Bertz CT molecular complexity index is 854. The summed E-state index contributed by atoms with van der Waals surface area (Å²) in [6.45, 7) is 0.654. The van der Waals surface area contributed by atoms with Gasteiger partial charge in [0.1, 0.15) is 12.4 Å². The molecular formula is C16H15N5O2. The average molecular weight is 309 g/mol. The van der Waals surface area contributed by atoms with Crippen LogP contribution in [0.2, 0.25) is 0 Å². The van der Waals surface area contributed by atoms with E-state index in [2.05, 4.69) is 20.6 Å². The van der Waals surface area contributed by atoms with E-state index in [-0.39, 0.29) is 12.0 Å². The van der Waals surface area contributed by atoms with Crippen molar-refractivity contribution in [2.24, 2.45) is 0 Å². The molecule has 116 valence electrons. The van der Waals surface area contributed by atoms with Crippen molar-refractivity contribution in [2.75, 3.05) is 11.9 Å². The van der Waals surface area contributed by atoms with Crippen LogP contribution < -0.4 is 5.32 Å². The highest BCUT2D eigenvalue weighted by Crippen LogP contribution is 2.22. The number of nitrogens with one attached hydrogen (secondary N) is 1. The molecule has 1 unspecified atom stereocenters. The smallest absolute Gasteiger partial charge is 0.253 e. The molecule has 0 saturated carbocycles. The normalized spacial score (nSPS) is 17.5. The van der Waals surface area contributed by atoms with Crippen LogP contribution in [0.3, 0.4) is 0 Å². The third-order valence-corrected chi connectivity index (χ3v) is 3.81. The molecule has 7 nitrogen and oxygen atoms in total. The molecule has 1 aliphatic rings. The minimum Gasteiger partial charge on any atom is -0.368 e. The fourth-order valence-corrected chi connectivity index (χ4v) is 2.65. The summed E-state index contributed by atoms with van der Waals surface area (Å²) in [5, 5.41) is 15.1. The molecule has 0 bridgehead atoms. The third-order valence-electron chi connectivity index (χ3n) is 3.81. The second-order valence-electron chi connectivity index (χ2n) is 5.42. The minimum absolute atomic E-state index is 0.0955. The number of aromatic nitrogens is 4. The monoisotopic (exact) mass is 309 g/mol. The molecule has 0 radical (unpaired) electrons. The van der Waals surface area contributed by atoms with Crippen LogP contribution in [0.15, 0.2) is 42.7 Å². The number of hydrogen-bond donors (Lipinski definition) is 1. The number of ether oxygens (including phenoxy) is 1. The predicted molar refractivity (Wildman–Crippen MR) is 83.8 cm³/mol. The number of anilines is 1. The largest absolute Gasteiger partial charge is 0.368 e. The second-order valence-corrected chi connectivity index (χ2v) is 5.42. The first-order valence-corrected chi connectivity index (χ1v) is 7.49. The first kappa shape index (κ1) is 13.8. The summed E-state index contributed by atoms with van der Waals surface area (Å²) in [6, 6.07) is 11.3. The summed E-state index contributed by atoms with van der Waals surface area (Å²) < 4.78 is 7.02. The first-order valence-electron chi connectivity index (χ1n) is 7.49. The van der Waals surface area contributed by atoms with Crippen LogP contribution in [0, 0.1) is 0 Å². The van der Waals surface area contributed by atoms with Crippen molar-refractivity contribution in [3.8, 4) is 11.3 Å². The molecule has 0 spiro atoms. The van der Waals surface area contributed by atoms with Gasteiger partial charge in [-0.15, -0.1) is 10.2 Å². The Kier molecular flexibility index (Phi) is 3.47. The van der Waals surface area contributed by atoms with Crippen molar-refractivity contribution in [1.29, 1.82) is 0 Å². The summed E-state index contributed by atoms with van der Waals surface area (Å²) in [5.41, 5.74) is 3.11. The van der Waals surface area contributed by atoms with E-state index in [1.165, 1.54) is 0 Å². The van der Waals surface area contributed by atoms with Gasteiger partial charge in [0, 0.05) is 17.9 Å². The molecule has 1 fully saturated rings. The van der Waals surface area contributed by atoms with Gasteiger partial charge >= 0.3 is 0 Å². The summed E-state index contributed by atoms with van der Waals surface area (Å²) in [4.78, 5) is 12.1. The number of nitrogens with zero attached hydrogens (tertiary/aromatic N) is 4. The van der Waals surface area contributed by atoms with Gasteiger partial charge in [-0.25, -0.2) is 0 Å². The molecule has 4 rings (SSSR count). The van der Waals surface area contributed by atoms with Crippen molar-refractivity contribution in [1.82, 2.24) is 19.8 Å². The lowest BCUT2D eigenvalue weighted by molar-refractivity contribution is -0.124. The quantitative estimate of drug-likeness (QED) is 0.799. The van der Waals surface area contributed by atoms with E-state index in [4.69, 9.17) is 4.74 Å². The maximum absolute atomic E-state index is 12.1. The fraction of sp³-hybridized carbons (Fsp3) is 0.250. The van der Waals surface area contributed by atoms with Crippen molar-refractivity contribution < 1.29 is 9.53 Å². The molecule has 7 heteroatoms. The van der Waals surface area contributed by atoms with Gasteiger partial charge in [0.15, 0.2) is 5.65 Å². The van der Waals surface area contributed by atoms with Gasteiger partial charge in [-0.3, -0.25) is 4.79 Å². The van der Waals surface area contributed by atoms with E-state index in [0.29, 0.717) is 12.3 Å². The number of carbonyl (C=O) groups is 1. The van der Waals surface area contributed by atoms with Gasteiger partial charge in [0.25, 0.3) is 5.91 Å². The van der Waals surface area contributed by atoms with Crippen LogP contribution in [0.1, 0.15) is 12.8 Å². The van der Waals surface area contributed by atoms with E-state index in [9.17, 15) is 4.79 Å². The van der Waals surface area contributed by atoms with Crippen LogP contribution in [0.4, 0.5) is 5.69 Å². The number of carbonyl (C=O) groups excluding carboxylic acids is 1. The Labute approximate surface area is 132 Å². The van der Waals surface area contributed by atoms with Crippen LogP contribution in [0.5, 0.6) is 0 Å². The molecule has 1 amide bonds. The number of hydrogen-bond acceptors (Lipinski definition) is 5. The van der Waals surface area contributed by atoms with Gasteiger partial charge in [-0.2, -0.15) is 9.61 Å². The Morgan fingerprint density at radius 2 is 2.26 bits per heavy atom. The van der Waals surface area contributed by atoms with Crippen LogP contribution in [-0.4, -0.2) is 38.4 Å². The molecule has 1 saturated heterocycles.